The third-order valence-corrected chi connectivity index (χ3v) is 1.46. The van der Waals surface area contributed by atoms with Crippen LogP contribution >= 0.6 is 11.9 Å². The Morgan fingerprint density at radius 1 is 2.00 bits per heavy atom. The Balaban J connectivity index is 2.14. The van der Waals surface area contributed by atoms with Crippen LogP contribution in [-0.4, -0.2) is 17.5 Å². The van der Waals surface area contributed by atoms with Gasteiger partial charge in [0.15, 0.2) is 0 Å². The molecular formula is C3H6N3OS. The van der Waals surface area contributed by atoms with Gasteiger partial charge >= 0.3 is 0 Å². The van der Waals surface area contributed by atoms with Gasteiger partial charge in [0.1, 0.15) is 0 Å². The number of hydrazine groups is 1. The van der Waals surface area contributed by atoms with Crippen LogP contribution in [0.25, 0.3) is 0 Å². The van der Waals surface area contributed by atoms with Crippen LogP contribution in [0.15, 0.2) is 0 Å². The predicted octanol–water partition coefficient (Wildman–Crippen LogP) is -0.722. The standard InChI is InChI=1S/C3H6N3OS/c7-2-5-6-1-4-3-8-6/h2-4H,1H2,(H,5,7). The van der Waals surface area contributed by atoms with E-state index in [-0.39, 0.29) is 0 Å². The van der Waals surface area contributed by atoms with Gasteiger partial charge in [-0.25, -0.2) is 0 Å². The molecular weight excluding hydrogens is 126 g/mol. The second-order valence-corrected chi connectivity index (χ2v) is 2.10. The highest BCUT2D eigenvalue weighted by Gasteiger charge is 2.09. The Bertz CT molecular complexity index is 82.6. The van der Waals surface area contributed by atoms with E-state index in [2.05, 4.69) is 10.7 Å². The van der Waals surface area contributed by atoms with E-state index in [1.807, 2.05) is 0 Å². The molecule has 8 heavy (non-hydrogen) atoms. The molecule has 1 saturated heterocycles. The number of hydrogen-bond acceptors (Lipinski definition) is 4. The van der Waals surface area contributed by atoms with Crippen LogP contribution in [0, 0.1) is 5.88 Å². The van der Waals surface area contributed by atoms with Crippen molar-refractivity contribution in [2.45, 2.75) is 0 Å². The predicted molar refractivity (Wildman–Crippen MR) is 30.9 cm³/mol. The lowest BCUT2D eigenvalue weighted by Gasteiger charge is -2.07. The van der Waals surface area contributed by atoms with Crippen LogP contribution in [0.3, 0.4) is 0 Å². The fraction of sp³-hybridized carbons (Fsp3) is 0.333. The van der Waals surface area contributed by atoms with Gasteiger partial charge in [-0.15, -0.1) is 4.41 Å². The summed E-state index contributed by atoms with van der Waals surface area (Å²) in [7, 11) is 0. The molecule has 0 atom stereocenters. The molecule has 1 radical (unpaired) electrons. The molecule has 0 spiro atoms. The van der Waals surface area contributed by atoms with Crippen molar-refractivity contribution in [2.24, 2.45) is 0 Å². The normalized spacial score (nSPS) is 21.0. The van der Waals surface area contributed by atoms with E-state index in [1.165, 1.54) is 11.9 Å². The third-order valence-electron chi connectivity index (χ3n) is 0.695. The Hall–Kier alpha value is -0.260. The minimum absolute atomic E-state index is 0.647. The number of amides is 1. The van der Waals surface area contributed by atoms with Gasteiger partial charge < -0.3 is 0 Å². The van der Waals surface area contributed by atoms with Gasteiger partial charge in [-0.2, -0.15) is 0 Å². The smallest absolute Gasteiger partial charge is 0.222 e. The molecule has 0 aromatic carbocycles. The second-order valence-electron chi connectivity index (χ2n) is 1.21. The Morgan fingerprint density at radius 2 is 2.88 bits per heavy atom. The van der Waals surface area contributed by atoms with Crippen molar-refractivity contribution >= 4 is 18.4 Å². The topological polar surface area (TPSA) is 44.4 Å². The van der Waals surface area contributed by atoms with Gasteiger partial charge in [0, 0.05) is 0 Å². The van der Waals surface area contributed by atoms with E-state index in [1.54, 1.807) is 10.3 Å². The second kappa shape index (κ2) is 2.91. The van der Waals surface area contributed by atoms with E-state index < -0.39 is 0 Å². The maximum absolute atomic E-state index is 9.75. The van der Waals surface area contributed by atoms with E-state index in [4.69, 9.17) is 0 Å². The molecule has 1 rings (SSSR count). The van der Waals surface area contributed by atoms with E-state index in [9.17, 15) is 4.79 Å². The first-order chi connectivity index (χ1) is 3.93. The number of carbonyl (C=O) groups excluding carboxylic acids is 1. The zero-order valence-electron chi connectivity index (χ0n) is 4.13. The number of hydrogen-bond donors (Lipinski definition) is 2. The average molecular weight is 132 g/mol. The zero-order valence-corrected chi connectivity index (χ0v) is 4.94. The van der Waals surface area contributed by atoms with Crippen LogP contribution in [0.2, 0.25) is 0 Å². The fourth-order valence-electron chi connectivity index (χ4n) is 0.393. The van der Waals surface area contributed by atoms with Crippen molar-refractivity contribution < 1.29 is 4.79 Å². The van der Waals surface area contributed by atoms with Crippen molar-refractivity contribution in [3.05, 3.63) is 5.88 Å². The minimum atomic E-state index is 0.647. The van der Waals surface area contributed by atoms with Crippen LogP contribution in [0.1, 0.15) is 0 Å². The molecule has 1 amide bonds. The SMILES string of the molecule is O=CNN1CN[CH]S1. The molecule has 0 aromatic rings. The van der Waals surface area contributed by atoms with Crippen molar-refractivity contribution in [1.82, 2.24) is 15.2 Å². The van der Waals surface area contributed by atoms with Crippen molar-refractivity contribution in [2.75, 3.05) is 6.67 Å². The van der Waals surface area contributed by atoms with Gasteiger partial charge in [0.2, 0.25) is 6.41 Å². The Kier molecular flexibility index (Phi) is 2.13. The highest BCUT2D eigenvalue weighted by Crippen LogP contribution is 2.11. The fourth-order valence-corrected chi connectivity index (χ4v) is 0.922. The molecule has 1 fully saturated rings. The number of carbonyl (C=O) groups is 1. The largest absolute Gasteiger partial charge is 0.287 e. The lowest BCUT2D eigenvalue weighted by atomic mass is 11.1. The number of rotatable bonds is 2. The first-order valence-corrected chi connectivity index (χ1v) is 2.96. The van der Waals surface area contributed by atoms with Crippen molar-refractivity contribution in [3.63, 3.8) is 0 Å². The summed E-state index contributed by atoms with van der Waals surface area (Å²) in [6.45, 7) is 0.670. The summed E-state index contributed by atoms with van der Waals surface area (Å²) < 4.78 is 1.67. The van der Waals surface area contributed by atoms with Gasteiger partial charge in [-0.05, 0) is 11.9 Å². The van der Waals surface area contributed by atoms with E-state index in [0.29, 0.717) is 13.1 Å². The minimum Gasteiger partial charge on any atom is -0.287 e. The van der Waals surface area contributed by atoms with Crippen LogP contribution in [-0.2, 0) is 4.79 Å². The summed E-state index contributed by atoms with van der Waals surface area (Å²) in [5.41, 5.74) is 2.47. The molecule has 4 nitrogen and oxygen atoms in total. The highest BCUT2D eigenvalue weighted by atomic mass is 32.2. The molecule has 0 unspecified atom stereocenters. The average Bonchev–Trinajstić information content (AvgIpc) is 2.19. The Labute approximate surface area is 51.7 Å². The van der Waals surface area contributed by atoms with Crippen molar-refractivity contribution in [1.29, 1.82) is 0 Å². The third kappa shape index (κ3) is 1.36. The van der Waals surface area contributed by atoms with Gasteiger partial charge in [0.25, 0.3) is 0 Å². The highest BCUT2D eigenvalue weighted by molar-refractivity contribution is 7.99. The Morgan fingerprint density at radius 3 is 3.38 bits per heavy atom. The summed E-state index contributed by atoms with van der Waals surface area (Å²) in [6.07, 6.45) is 0.647. The lowest BCUT2D eigenvalue weighted by molar-refractivity contribution is -0.111. The van der Waals surface area contributed by atoms with Crippen molar-refractivity contribution in [3.8, 4) is 0 Å². The van der Waals surface area contributed by atoms with Gasteiger partial charge in [-0.3, -0.25) is 15.5 Å². The molecule has 0 saturated carbocycles. The van der Waals surface area contributed by atoms with E-state index >= 15 is 0 Å². The summed E-state index contributed by atoms with van der Waals surface area (Å²) in [5, 5.41) is 2.90. The first-order valence-electron chi connectivity index (χ1n) is 2.12. The molecule has 0 aromatic heterocycles. The molecule has 5 heteroatoms. The van der Waals surface area contributed by atoms with Crippen LogP contribution < -0.4 is 10.7 Å². The summed E-state index contributed by atoms with van der Waals surface area (Å²) >= 11 is 1.42. The zero-order chi connectivity index (χ0) is 5.82. The lowest BCUT2D eigenvalue weighted by Crippen LogP contribution is -2.30. The quantitative estimate of drug-likeness (QED) is 0.384. The maximum atomic E-state index is 9.75. The molecule has 1 aliphatic heterocycles. The van der Waals surface area contributed by atoms with Gasteiger partial charge in [-0.1, -0.05) is 0 Å². The summed E-state index contributed by atoms with van der Waals surface area (Å²) in [5.74, 6) is 1.80. The van der Waals surface area contributed by atoms with Gasteiger partial charge in [0.05, 0.1) is 12.5 Å². The molecule has 45 valence electrons. The monoisotopic (exact) mass is 132 g/mol. The molecule has 0 aliphatic carbocycles. The van der Waals surface area contributed by atoms with E-state index in [0.717, 1.165) is 0 Å². The molecule has 0 bridgehead atoms. The summed E-state index contributed by atoms with van der Waals surface area (Å²) in [4.78, 5) is 9.75. The maximum Gasteiger partial charge on any atom is 0.222 e. The molecule has 1 heterocycles. The molecule has 2 N–H and O–H groups in total. The van der Waals surface area contributed by atoms with Crippen LogP contribution in [0.5, 0.6) is 0 Å². The van der Waals surface area contributed by atoms with Crippen LogP contribution in [0.4, 0.5) is 0 Å². The first kappa shape index (κ1) is 5.87. The summed E-state index contributed by atoms with van der Waals surface area (Å²) in [6, 6.07) is 0. The number of nitrogens with one attached hydrogen (secondary N) is 2. The molecule has 1 aliphatic rings. The number of nitrogens with zero attached hydrogens (tertiary/aromatic N) is 1.